The van der Waals surface area contributed by atoms with E-state index in [1.54, 1.807) is 12.1 Å². The van der Waals surface area contributed by atoms with E-state index in [0.717, 1.165) is 18.8 Å². The van der Waals surface area contributed by atoms with Crippen LogP contribution in [0.5, 0.6) is 0 Å². The zero-order valence-electron chi connectivity index (χ0n) is 12.7. The maximum Gasteiger partial charge on any atom is 0.129 e. The van der Waals surface area contributed by atoms with Crippen LogP contribution in [0, 0.1) is 17.7 Å². The van der Waals surface area contributed by atoms with E-state index in [1.807, 2.05) is 13.0 Å². The highest BCUT2D eigenvalue weighted by Gasteiger charge is 2.29. The first-order chi connectivity index (χ1) is 9.49. The molecule has 112 valence electrons. The fourth-order valence-electron chi connectivity index (χ4n) is 3.02. The Labute approximate surface area is 121 Å². The first-order valence-corrected chi connectivity index (χ1v) is 7.64. The van der Waals surface area contributed by atoms with Gasteiger partial charge in [0, 0.05) is 11.6 Å². The fraction of sp³-hybridized carbons (Fsp3) is 0.647. The summed E-state index contributed by atoms with van der Waals surface area (Å²) in [5.74, 6) is 1.17. The van der Waals surface area contributed by atoms with Crippen molar-refractivity contribution in [1.29, 1.82) is 0 Å². The molecule has 1 fully saturated rings. The minimum atomic E-state index is -0.359. The molecular weight excluding hydrogens is 253 g/mol. The van der Waals surface area contributed by atoms with Crippen molar-refractivity contribution >= 4 is 0 Å². The quantitative estimate of drug-likeness (QED) is 0.902. The molecule has 5 unspecified atom stereocenters. The van der Waals surface area contributed by atoms with Gasteiger partial charge in [0.2, 0.25) is 0 Å². The number of rotatable bonds is 4. The highest BCUT2D eigenvalue weighted by atomic mass is 19.1. The Balaban J connectivity index is 2.09. The number of hydrogen-bond donors (Lipinski definition) is 1. The zero-order chi connectivity index (χ0) is 14.7. The summed E-state index contributed by atoms with van der Waals surface area (Å²) in [6.45, 7) is 6.44. The summed E-state index contributed by atoms with van der Waals surface area (Å²) in [6.07, 6.45) is 3.09. The van der Waals surface area contributed by atoms with Crippen molar-refractivity contribution < 1.29 is 9.13 Å². The second-order valence-corrected chi connectivity index (χ2v) is 6.33. The monoisotopic (exact) mass is 279 g/mol. The largest absolute Gasteiger partial charge is 0.369 e. The molecule has 0 saturated heterocycles. The molecule has 0 spiro atoms. The molecule has 1 aromatic carbocycles. The first-order valence-electron chi connectivity index (χ1n) is 7.64. The molecule has 1 aromatic rings. The van der Waals surface area contributed by atoms with Crippen LogP contribution < -0.4 is 5.73 Å². The predicted octanol–water partition coefficient (Wildman–Crippen LogP) is 4.06. The van der Waals surface area contributed by atoms with E-state index in [0.29, 0.717) is 11.5 Å². The molecule has 1 aliphatic carbocycles. The van der Waals surface area contributed by atoms with E-state index in [-0.39, 0.29) is 24.1 Å². The lowest BCUT2D eigenvalue weighted by molar-refractivity contribution is -0.0581. The molecule has 0 aliphatic heterocycles. The Hall–Kier alpha value is -0.930. The van der Waals surface area contributed by atoms with Crippen LogP contribution in [0.15, 0.2) is 24.3 Å². The van der Waals surface area contributed by atoms with Crippen LogP contribution in [0.4, 0.5) is 4.39 Å². The average Bonchev–Trinajstić information content (AvgIpc) is 2.41. The summed E-state index contributed by atoms with van der Waals surface area (Å²) in [7, 11) is 0. The van der Waals surface area contributed by atoms with Crippen LogP contribution in [0.1, 0.15) is 51.7 Å². The summed E-state index contributed by atoms with van der Waals surface area (Å²) in [5.41, 5.74) is 6.60. The van der Waals surface area contributed by atoms with Crippen LogP contribution in [0.25, 0.3) is 0 Å². The molecule has 0 heterocycles. The van der Waals surface area contributed by atoms with Crippen molar-refractivity contribution in [2.45, 2.75) is 58.3 Å². The van der Waals surface area contributed by atoms with Gasteiger partial charge in [-0.2, -0.15) is 0 Å². The van der Waals surface area contributed by atoms with Gasteiger partial charge < -0.3 is 10.5 Å². The number of benzene rings is 1. The molecule has 2 N–H and O–H groups in total. The Bertz CT molecular complexity index is 435. The fourth-order valence-corrected chi connectivity index (χ4v) is 3.02. The van der Waals surface area contributed by atoms with Crippen molar-refractivity contribution in [3.8, 4) is 0 Å². The van der Waals surface area contributed by atoms with Crippen LogP contribution in [-0.4, -0.2) is 12.1 Å². The average molecular weight is 279 g/mol. The minimum absolute atomic E-state index is 0.191. The van der Waals surface area contributed by atoms with Gasteiger partial charge in [-0.1, -0.05) is 32.0 Å². The van der Waals surface area contributed by atoms with E-state index < -0.39 is 0 Å². The van der Waals surface area contributed by atoms with Crippen molar-refractivity contribution in [3.63, 3.8) is 0 Å². The Morgan fingerprint density at radius 2 is 1.90 bits per heavy atom. The summed E-state index contributed by atoms with van der Waals surface area (Å²) in [4.78, 5) is 0. The van der Waals surface area contributed by atoms with E-state index in [1.165, 1.54) is 12.5 Å². The van der Waals surface area contributed by atoms with Crippen molar-refractivity contribution in [2.24, 2.45) is 17.6 Å². The zero-order valence-corrected chi connectivity index (χ0v) is 12.7. The van der Waals surface area contributed by atoms with Gasteiger partial charge in [-0.15, -0.1) is 0 Å². The molecule has 20 heavy (non-hydrogen) atoms. The summed E-state index contributed by atoms with van der Waals surface area (Å²) < 4.78 is 20.1. The molecule has 0 aromatic heterocycles. The van der Waals surface area contributed by atoms with E-state index in [2.05, 4.69) is 13.8 Å². The van der Waals surface area contributed by atoms with E-state index >= 15 is 0 Å². The molecule has 2 rings (SSSR count). The first kappa shape index (κ1) is 15.5. The minimum Gasteiger partial charge on any atom is -0.369 e. The molecule has 2 nitrogen and oxygen atoms in total. The van der Waals surface area contributed by atoms with Gasteiger partial charge in [0.1, 0.15) is 11.9 Å². The predicted molar refractivity (Wildman–Crippen MR) is 79.8 cm³/mol. The second kappa shape index (κ2) is 6.68. The lowest BCUT2D eigenvalue weighted by Crippen LogP contribution is -2.34. The summed E-state index contributed by atoms with van der Waals surface area (Å²) >= 11 is 0. The SMILES string of the molecule is CC(N)C(OC1CCC(C)C(C)C1)c1ccccc1F. The normalized spacial score (nSPS) is 29.9. The Kier molecular flexibility index (Phi) is 5.17. The second-order valence-electron chi connectivity index (χ2n) is 6.33. The van der Waals surface area contributed by atoms with Crippen LogP contribution in [-0.2, 0) is 4.74 Å². The molecule has 0 radical (unpaired) electrons. The van der Waals surface area contributed by atoms with E-state index in [4.69, 9.17) is 10.5 Å². The van der Waals surface area contributed by atoms with Gasteiger partial charge in [-0.3, -0.25) is 0 Å². The Morgan fingerprint density at radius 3 is 2.50 bits per heavy atom. The van der Waals surface area contributed by atoms with Gasteiger partial charge >= 0.3 is 0 Å². The van der Waals surface area contributed by atoms with Crippen LogP contribution in [0.2, 0.25) is 0 Å². The highest BCUT2D eigenvalue weighted by Crippen LogP contribution is 2.34. The standard InChI is InChI=1S/C17H26FNO/c1-11-8-9-14(10-12(11)2)20-17(13(3)19)15-6-4-5-7-16(15)18/h4-7,11-14,17H,8-10,19H2,1-3H3. The summed E-state index contributed by atoms with van der Waals surface area (Å²) in [5, 5.41) is 0. The van der Waals surface area contributed by atoms with Gasteiger partial charge in [0.25, 0.3) is 0 Å². The lowest BCUT2D eigenvalue weighted by Gasteiger charge is -2.35. The number of ether oxygens (including phenoxy) is 1. The molecule has 1 saturated carbocycles. The Morgan fingerprint density at radius 1 is 1.20 bits per heavy atom. The third-order valence-electron chi connectivity index (χ3n) is 4.58. The van der Waals surface area contributed by atoms with Crippen molar-refractivity contribution in [3.05, 3.63) is 35.6 Å². The number of nitrogens with two attached hydrogens (primary N) is 1. The topological polar surface area (TPSA) is 35.2 Å². The highest BCUT2D eigenvalue weighted by molar-refractivity contribution is 5.21. The maximum atomic E-state index is 14.0. The number of hydrogen-bond acceptors (Lipinski definition) is 2. The third-order valence-corrected chi connectivity index (χ3v) is 4.58. The molecular formula is C17H26FNO. The van der Waals surface area contributed by atoms with Crippen LogP contribution >= 0.6 is 0 Å². The van der Waals surface area contributed by atoms with E-state index in [9.17, 15) is 4.39 Å². The smallest absolute Gasteiger partial charge is 0.129 e. The number of halogens is 1. The third kappa shape index (κ3) is 3.58. The van der Waals surface area contributed by atoms with Gasteiger partial charge in [-0.05, 0) is 44.1 Å². The van der Waals surface area contributed by atoms with Gasteiger partial charge in [-0.25, -0.2) is 4.39 Å². The molecule has 5 atom stereocenters. The molecule has 0 bridgehead atoms. The molecule has 1 aliphatic rings. The van der Waals surface area contributed by atoms with Gasteiger partial charge in [0.15, 0.2) is 0 Å². The maximum absolute atomic E-state index is 14.0. The molecule has 0 amide bonds. The van der Waals surface area contributed by atoms with Crippen molar-refractivity contribution in [1.82, 2.24) is 0 Å². The van der Waals surface area contributed by atoms with Gasteiger partial charge in [0.05, 0.1) is 6.10 Å². The summed E-state index contributed by atoms with van der Waals surface area (Å²) in [6, 6.07) is 6.56. The van der Waals surface area contributed by atoms with Crippen LogP contribution in [0.3, 0.4) is 0 Å². The van der Waals surface area contributed by atoms with Crippen molar-refractivity contribution in [2.75, 3.05) is 0 Å². The molecule has 3 heteroatoms. The lowest BCUT2D eigenvalue weighted by atomic mass is 9.80.